The fourth-order valence-corrected chi connectivity index (χ4v) is 3.11. The van der Waals surface area contributed by atoms with Crippen LogP contribution in [-0.2, 0) is 0 Å². The molecular weight excluding hydrogens is 216 g/mol. The van der Waals surface area contributed by atoms with Crippen LogP contribution >= 0.6 is 11.8 Å². The summed E-state index contributed by atoms with van der Waals surface area (Å²) in [4.78, 5) is 4.69. The summed E-state index contributed by atoms with van der Waals surface area (Å²) in [6.45, 7) is 11.2. The van der Waals surface area contributed by atoms with Crippen molar-refractivity contribution in [2.45, 2.75) is 47.0 Å². The van der Waals surface area contributed by atoms with E-state index in [9.17, 15) is 0 Å². The molecule has 1 aliphatic heterocycles. The molecule has 94 valence electrons. The van der Waals surface area contributed by atoms with Crippen LogP contribution in [0.5, 0.6) is 0 Å². The lowest BCUT2D eigenvalue weighted by Gasteiger charge is -2.33. The summed E-state index contributed by atoms with van der Waals surface area (Å²) in [5.74, 6) is 2.00. The van der Waals surface area contributed by atoms with E-state index in [1.54, 1.807) is 0 Å². The fraction of sp³-hybridized carbons (Fsp3) is 0.923. The van der Waals surface area contributed by atoms with Gasteiger partial charge in [-0.1, -0.05) is 39.5 Å². The fourth-order valence-electron chi connectivity index (χ4n) is 1.80. The molecule has 0 unspecified atom stereocenters. The van der Waals surface area contributed by atoms with Crippen LogP contribution in [0.1, 0.15) is 47.0 Å². The highest BCUT2D eigenvalue weighted by molar-refractivity contribution is 8.13. The van der Waals surface area contributed by atoms with Crippen LogP contribution in [0.15, 0.2) is 4.99 Å². The van der Waals surface area contributed by atoms with E-state index in [4.69, 9.17) is 4.99 Å². The standard InChI is InChI=1S/C13H26N2S/c1-5-13(6-2)9-15-12(16-10-13)14-8-7-11(3)4/h11H,5-10H2,1-4H3,(H,14,15). The first-order valence-corrected chi connectivity index (χ1v) is 7.51. The number of amidine groups is 1. The van der Waals surface area contributed by atoms with Crippen molar-refractivity contribution < 1.29 is 0 Å². The molecule has 1 heterocycles. The average Bonchev–Trinajstić information content (AvgIpc) is 2.30. The van der Waals surface area contributed by atoms with E-state index in [2.05, 4.69) is 33.0 Å². The van der Waals surface area contributed by atoms with Crippen molar-refractivity contribution in [2.24, 2.45) is 16.3 Å². The van der Waals surface area contributed by atoms with Gasteiger partial charge in [0.15, 0.2) is 5.17 Å². The minimum atomic E-state index is 0.466. The van der Waals surface area contributed by atoms with Gasteiger partial charge < -0.3 is 5.32 Å². The van der Waals surface area contributed by atoms with Gasteiger partial charge in [0.2, 0.25) is 0 Å². The normalized spacial score (nSPS) is 19.7. The molecule has 0 aliphatic carbocycles. The number of thioether (sulfide) groups is 1. The predicted octanol–water partition coefficient (Wildman–Crippen LogP) is 3.53. The molecule has 0 radical (unpaired) electrons. The highest BCUT2D eigenvalue weighted by Gasteiger charge is 2.29. The summed E-state index contributed by atoms with van der Waals surface area (Å²) >= 11 is 1.91. The van der Waals surface area contributed by atoms with Crippen LogP contribution in [0.3, 0.4) is 0 Å². The summed E-state index contributed by atoms with van der Waals surface area (Å²) in [6, 6.07) is 0. The number of nitrogens with one attached hydrogen (secondary N) is 1. The van der Waals surface area contributed by atoms with Gasteiger partial charge in [-0.2, -0.15) is 0 Å². The summed E-state index contributed by atoms with van der Waals surface area (Å²) in [7, 11) is 0. The van der Waals surface area contributed by atoms with Crippen molar-refractivity contribution in [1.29, 1.82) is 0 Å². The first kappa shape index (κ1) is 13.9. The van der Waals surface area contributed by atoms with Crippen LogP contribution in [0.25, 0.3) is 0 Å². The Hall–Kier alpha value is -0.180. The molecule has 1 aliphatic rings. The Morgan fingerprint density at radius 1 is 1.38 bits per heavy atom. The molecular formula is C13H26N2S. The minimum Gasteiger partial charge on any atom is -0.365 e. The molecule has 3 heteroatoms. The largest absolute Gasteiger partial charge is 0.365 e. The molecule has 0 aromatic heterocycles. The number of aliphatic imine (C=N–C) groups is 1. The lowest BCUT2D eigenvalue weighted by atomic mass is 9.84. The molecule has 2 nitrogen and oxygen atoms in total. The third-order valence-corrected chi connectivity index (χ3v) is 4.87. The highest BCUT2D eigenvalue weighted by Crippen LogP contribution is 2.34. The Kier molecular flexibility index (Phi) is 5.67. The predicted molar refractivity (Wildman–Crippen MR) is 75.2 cm³/mol. The summed E-state index contributed by atoms with van der Waals surface area (Å²) in [5.41, 5.74) is 0.466. The molecule has 0 saturated heterocycles. The zero-order valence-electron chi connectivity index (χ0n) is 11.2. The van der Waals surface area contributed by atoms with Crippen molar-refractivity contribution >= 4 is 16.9 Å². The van der Waals surface area contributed by atoms with E-state index < -0.39 is 0 Å². The number of hydrogen-bond acceptors (Lipinski definition) is 3. The Bertz CT molecular complexity index is 232. The Morgan fingerprint density at radius 2 is 2.06 bits per heavy atom. The number of rotatable bonds is 5. The van der Waals surface area contributed by atoms with Gasteiger partial charge in [0.1, 0.15) is 0 Å². The summed E-state index contributed by atoms with van der Waals surface area (Å²) in [5, 5.41) is 4.62. The lowest BCUT2D eigenvalue weighted by Crippen LogP contribution is -2.35. The topological polar surface area (TPSA) is 24.4 Å². The molecule has 0 atom stereocenters. The second kappa shape index (κ2) is 6.53. The quantitative estimate of drug-likeness (QED) is 0.797. The van der Waals surface area contributed by atoms with E-state index in [0.717, 1.165) is 24.2 Å². The second-order valence-corrected chi connectivity index (χ2v) is 6.19. The van der Waals surface area contributed by atoms with Gasteiger partial charge in [0.25, 0.3) is 0 Å². The van der Waals surface area contributed by atoms with E-state index in [1.165, 1.54) is 25.0 Å². The molecule has 0 fully saturated rings. The maximum atomic E-state index is 4.69. The minimum absolute atomic E-state index is 0.466. The molecule has 0 saturated carbocycles. The van der Waals surface area contributed by atoms with Crippen LogP contribution < -0.4 is 5.32 Å². The van der Waals surface area contributed by atoms with Crippen LogP contribution in [0.4, 0.5) is 0 Å². The first-order valence-electron chi connectivity index (χ1n) is 6.53. The smallest absolute Gasteiger partial charge is 0.156 e. The Labute approximate surface area is 105 Å². The number of hydrogen-bond donors (Lipinski definition) is 1. The zero-order chi connectivity index (χ0) is 12.0. The number of nitrogens with zero attached hydrogens (tertiary/aromatic N) is 1. The van der Waals surface area contributed by atoms with E-state index >= 15 is 0 Å². The van der Waals surface area contributed by atoms with Crippen LogP contribution in [-0.4, -0.2) is 24.0 Å². The van der Waals surface area contributed by atoms with Gasteiger partial charge >= 0.3 is 0 Å². The van der Waals surface area contributed by atoms with E-state index in [1.807, 2.05) is 11.8 Å². The zero-order valence-corrected chi connectivity index (χ0v) is 12.0. The molecule has 0 spiro atoms. The monoisotopic (exact) mass is 242 g/mol. The molecule has 0 aromatic rings. The Balaban J connectivity index is 2.34. The van der Waals surface area contributed by atoms with E-state index in [-0.39, 0.29) is 0 Å². The van der Waals surface area contributed by atoms with Crippen molar-refractivity contribution in [3.63, 3.8) is 0 Å². The van der Waals surface area contributed by atoms with Crippen molar-refractivity contribution in [1.82, 2.24) is 5.32 Å². The van der Waals surface area contributed by atoms with Gasteiger partial charge in [0, 0.05) is 18.8 Å². The molecule has 16 heavy (non-hydrogen) atoms. The molecule has 0 aromatic carbocycles. The van der Waals surface area contributed by atoms with Crippen molar-refractivity contribution in [3.8, 4) is 0 Å². The van der Waals surface area contributed by atoms with Crippen molar-refractivity contribution in [2.75, 3.05) is 18.8 Å². The average molecular weight is 242 g/mol. The van der Waals surface area contributed by atoms with Gasteiger partial charge in [0.05, 0.1) is 0 Å². The Morgan fingerprint density at radius 3 is 2.50 bits per heavy atom. The van der Waals surface area contributed by atoms with E-state index in [0.29, 0.717) is 5.41 Å². The van der Waals surface area contributed by atoms with Gasteiger partial charge in [-0.3, -0.25) is 4.99 Å². The maximum Gasteiger partial charge on any atom is 0.156 e. The third kappa shape index (κ3) is 4.00. The molecule has 0 amide bonds. The molecule has 0 bridgehead atoms. The highest BCUT2D eigenvalue weighted by atomic mass is 32.2. The first-order chi connectivity index (χ1) is 7.62. The SMILES string of the molecule is CCC1(CC)CN=C(NCCC(C)C)SC1. The maximum absolute atomic E-state index is 4.69. The third-order valence-electron chi connectivity index (χ3n) is 3.57. The van der Waals surface area contributed by atoms with Gasteiger partial charge in [-0.25, -0.2) is 0 Å². The van der Waals surface area contributed by atoms with Crippen LogP contribution in [0, 0.1) is 11.3 Å². The van der Waals surface area contributed by atoms with Crippen molar-refractivity contribution in [3.05, 3.63) is 0 Å². The summed E-state index contributed by atoms with van der Waals surface area (Å²) < 4.78 is 0. The molecule has 1 N–H and O–H groups in total. The van der Waals surface area contributed by atoms with Crippen LogP contribution in [0.2, 0.25) is 0 Å². The molecule has 1 rings (SSSR count). The van der Waals surface area contributed by atoms with Gasteiger partial charge in [-0.15, -0.1) is 0 Å². The van der Waals surface area contributed by atoms with Gasteiger partial charge in [-0.05, 0) is 30.6 Å². The second-order valence-electron chi connectivity index (χ2n) is 5.23. The lowest BCUT2D eigenvalue weighted by molar-refractivity contribution is 0.318. The summed E-state index contributed by atoms with van der Waals surface area (Å²) in [6.07, 6.45) is 3.73.